The lowest BCUT2D eigenvalue weighted by molar-refractivity contribution is 0.0596. The maximum Gasteiger partial charge on any atom is 0.339 e. The van der Waals surface area contributed by atoms with Crippen molar-refractivity contribution in [2.75, 3.05) is 12.4 Å². The lowest BCUT2D eigenvalue weighted by Crippen LogP contribution is -2.35. The minimum Gasteiger partial charge on any atom is -0.465 e. The highest BCUT2D eigenvalue weighted by Crippen LogP contribution is 2.16. The number of methoxy groups -OCH3 is 1. The highest BCUT2D eigenvalue weighted by Gasteiger charge is 2.24. The van der Waals surface area contributed by atoms with E-state index in [0.29, 0.717) is 11.4 Å². The summed E-state index contributed by atoms with van der Waals surface area (Å²) in [5, 5.41) is 2.24. The van der Waals surface area contributed by atoms with Crippen LogP contribution in [0, 0.1) is 13.8 Å². The zero-order valence-corrected chi connectivity index (χ0v) is 14.5. The number of nitrogens with one attached hydrogen (secondary N) is 2. The van der Waals surface area contributed by atoms with Gasteiger partial charge >= 0.3 is 35.1 Å². The van der Waals surface area contributed by atoms with Crippen molar-refractivity contribution >= 4 is 51.0 Å². The zero-order chi connectivity index (χ0) is 18.6. The average Bonchev–Trinajstić information content (AvgIpc) is 2.52. The van der Waals surface area contributed by atoms with Gasteiger partial charge in [-0.05, 0) is 32.0 Å². The lowest BCUT2D eigenvalue weighted by atomic mass is 10.2. The third kappa shape index (κ3) is 5.38. The van der Waals surface area contributed by atoms with Crippen molar-refractivity contribution in [2.24, 2.45) is 0 Å². The van der Waals surface area contributed by atoms with Crippen LogP contribution >= 0.6 is 0 Å². The van der Waals surface area contributed by atoms with Gasteiger partial charge in [-0.15, -0.1) is 0 Å². The van der Waals surface area contributed by atoms with Crippen LogP contribution in [0.5, 0.6) is 0 Å². The van der Waals surface area contributed by atoms with E-state index in [4.69, 9.17) is 0 Å². The monoisotopic (exact) mass is 390 g/mol. The minimum absolute atomic E-state index is 0. The number of nitrogens with zero attached hydrogens (tertiary/aromatic N) is 2. The largest absolute Gasteiger partial charge is 0.465 e. The summed E-state index contributed by atoms with van der Waals surface area (Å²) in [6.45, 7) is 3.42. The Morgan fingerprint density at radius 1 is 1.08 bits per heavy atom. The van der Waals surface area contributed by atoms with E-state index in [1.807, 2.05) is 4.72 Å². The number of benzene rings is 1. The number of aryl methyl sites for hydroxylation is 2. The molecule has 0 atom stereocenters. The van der Waals surface area contributed by atoms with Crippen molar-refractivity contribution in [2.45, 2.75) is 18.7 Å². The zero-order valence-electron chi connectivity index (χ0n) is 13.7. The second kappa shape index (κ2) is 8.92. The molecule has 0 saturated heterocycles. The number of ether oxygens (including phenoxy) is 1. The Labute approximate surface area is 166 Å². The van der Waals surface area contributed by atoms with Gasteiger partial charge in [0.2, 0.25) is 5.95 Å². The summed E-state index contributed by atoms with van der Waals surface area (Å²) >= 11 is 0. The molecule has 0 aliphatic carbocycles. The fourth-order valence-corrected chi connectivity index (χ4v) is 3.17. The van der Waals surface area contributed by atoms with Gasteiger partial charge in [0.15, 0.2) is 0 Å². The summed E-state index contributed by atoms with van der Waals surface area (Å²) in [5.74, 6) is -0.870. The molecule has 2 rings (SSSR count). The summed E-state index contributed by atoms with van der Waals surface area (Å²) in [4.78, 5) is 31.3. The van der Waals surface area contributed by atoms with Crippen LogP contribution < -0.4 is 10.0 Å². The van der Waals surface area contributed by atoms with Crippen LogP contribution in [-0.2, 0) is 14.8 Å². The summed E-state index contributed by atoms with van der Waals surface area (Å²) in [5.41, 5.74) is 1.04. The first kappa shape index (κ1) is 21.8. The first-order valence-electron chi connectivity index (χ1n) is 7.06. The minimum atomic E-state index is -4.30. The van der Waals surface area contributed by atoms with Crippen molar-refractivity contribution < 1.29 is 22.7 Å². The van der Waals surface area contributed by atoms with Gasteiger partial charge in [-0.2, -0.15) is 0 Å². The Bertz CT molecular complexity index is 913. The fourth-order valence-electron chi connectivity index (χ4n) is 2.07. The predicted molar refractivity (Wildman–Crippen MR) is 97.2 cm³/mol. The molecular weight excluding hydrogens is 373 g/mol. The van der Waals surface area contributed by atoms with Crippen LogP contribution in [-0.4, -0.2) is 60.5 Å². The maximum absolute atomic E-state index is 12.4. The van der Waals surface area contributed by atoms with E-state index in [0.717, 1.165) is 7.11 Å². The van der Waals surface area contributed by atoms with E-state index in [9.17, 15) is 18.0 Å². The Kier molecular flexibility index (Phi) is 7.48. The first-order chi connectivity index (χ1) is 11.7. The lowest BCUT2D eigenvalue weighted by Gasteiger charge is -2.11. The van der Waals surface area contributed by atoms with Gasteiger partial charge in [0.25, 0.3) is 10.0 Å². The molecule has 1 aromatic heterocycles. The third-order valence-corrected chi connectivity index (χ3v) is 4.41. The van der Waals surface area contributed by atoms with Crippen molar-refractivity contribution in [3.63, 3.8) is 0 Å². The molecule has 2 aromatic rings. The van der Waals surface area contributed by atoms with E-state index in [1.54, 1.807) is 19.9 Å². The normalized spacial score (nSPS) is 10.4. The molecular formula is C15H18MgN4O5S. The third-order valence-electron chi connectivity index (χ3n) is 3.02. The number of urea groups is 1. The second-order valence-electron chi connectivity index (χ2n) is 5.02. The highest BCUT2D eigenvalue weighted by atomic mass is 32.2. The van der Waals surface area contributed by atoms with Gasteiger partial charge in [-0.1, -0.05) is 12.1 Å². The number of hydrogen-bond donors (Lipinski definition) is 2. The molecule has 9 nitrogen and oxygen atoms in total. The molecule has 2 amide bonds. The Balaban J connectivity index is 0.00000338. The standard InChI is InChI=1S/C15H16N4O5S.Mg.2H/c1-9-8-10(2)17-14(16-9)18-15(21)19-25(22,23)12-7-5-4-6-11(12)13(20)24-3;;;/h4-8H,1-3H3,(H2,16,17,18,19,21);;;. The van der Waals surface area contributed by atoms with Crippen molar-refractivity contribution in [3.05, 3.63) is 47.3 Å². The molecule has 1 aromatic carbocycles. The molecule has 11 heteroatoms. The molecule has 136 valence electrons. The Hall–Kier alpha value is -2.24. The number of hydrogen-bond acceptors (Lipinski definition) is 7. The van der Waals surface area contributed by atoms with Crippen molar-refractivity contribution in [1.82, 2.24) is 14.7 Å². The second-order valence-corrected chi connectivity index (χ2v) is 6.67. The molecule has 2 N–H and O–H groups in total. The summed E-state index contributed by atoms with van der Waals surface area (Å²) in [6.07, 6.45) is 0. The number of amides is 2. The molecule has 26 heavy (non-hydrogen) atoms. The molecule has 0 aliphatic heterocycles. The molecule has 0 radical (unpaired) electrons. The predicted octanol–water partition coefficient (Wildman–Crippen LogP) is 0.474. The molecule has 0 fully saturated rings. The van der Waals surface area contributed by atoms with Gasteiger partial charge in [0.1, 0.15) is 4.90 Å². The molecule has 0 bridgehead atoms. The van der Waals surface area contributed by atoms with Crippen LogP contribution in [0.2, 0.25) is 0 Å². The van der Waals surface area contributed by atoms with Crippen molar-refractivity contribution in [1.29, 1.82) is 0 Å². The van der Waals surface area contributed by atoms with Gasteiger partial charge in [0, 0.05) is 11.4 Å². The summed E-state index contributed by atoms with van der Waals surface area (Å²) < 4.78 is 31.1. The van der Waals surface area contributed by atoms with E-state index in [1.165, 1.54) is 24.3 Å². The maximum atomic E-state index is 12.4. The fraction of sp³-hybridized carbons (Fsp3) is 0.200. The number of anilines is 1. The molecule has 0 unspecified atom stereocenters. The number of carbonyl (C=O) groups is 2. The van der Waals surface area contributed by atoms with E-state index in [2.05, 4.69) is 20.0 Å². The molecule has 1 heterocycles. The van der Waals surface area contributed by atoms with Gasteiger partial charge in [0.05, 0.1) is 12.7 Å². The number of rotatable bonds is 4. The summed E-state index contributed by atoms with van der Waals surface area (Å²) in [7, 11) is -3.18. The van der Waals surface area contributed by atoms with E-state index < -0.39 is 22.0 Å². The van der Waals surface area contributed by atoms with Gasteiger partial charge in [-0.25, -0.2) is 32.7 Å². The van der Waals surface area contributed by atoms with Crippen LogP contribution in [0.3, 0.4) is 0 Å². The number of carbonyl (C=O) groups excluding carboxylic acids is 2. The molecule has 0 spiro atoms. The van der Waals surface area contributed by atoms with Crippen LogP contribution in [0.25, 0.3) is 0 Å². The first-order valence-corrected chi connectivity index (χ1v) is 8.54. The van der Waals surface area contributed by atoms with Crippen LogP contribution in [0.1, 0.15) is 21.7 Å². The smallest absolute Gasteiger partial charge is 0.339 e. The topological polar surface area (TPSA) is 127 Å². The quantitative estimate of drug-likeness (QED) is 0.574. The summed E-state index contributed by atoms with van der Waals surface area (Å²) in [6, 6.07) is 6.03. The van der Waals surface area contributed by atoms with Crippen molar-refractivity contribution in [3.8, 4) is 0 Å². The van der Waals surface area contributed by atoms with Crippen LogP contribution in [0.15, 0.2) is 35.2 Å². The van der Waals surface area contributed by atoms with Crippen LogP contribution in [0.4, 0.5) is 10.7 Å². The number of esters is 1. The Morgan fingerprint density at radius 2 is 1.65 bits per heavy atom. The molecule has 0 aliphatic rings. The Morgan fingerprint density at radius 3 is 2.23 bits per heavy atom. The van der Waals surface area contributed by atoms with E-state index >= 15 is 0 Å². The highest BCUT2D eigenvalue weighted by molar-refractivity contribution is 7.90. The average molecular weight is 391 g/mol. The van der Waals surface area contributed by atoms with Gasteiger partial charge < -0.3 is 4.74 Å². The molecule has 0 saturated carbocycles. The SMILES string of the molecule is COC(=O)c1ccccc1S(=O)(=O)NC(=O)Nc1nc(C)cc(C)n1.[MgH2]. The van der Waals surface area contributed by atoms with E-state index in [-0.39, 0.29) is 39.5 Å². The van der Waals surface area contributed by atoms with Gasteiger partial charge in [-0.3, -0.25) is 5.32 Å². The number of aromatic nitrogens is 2. The number of sulfonamides is 1.